The Hall–Kier alpha value is -4.29. The zero-order valence-corrected chi connectivity index (χ0v) is 17.1. The van der Waals surface area contributed by atoms with Gasteiger partial charge in [-0.05, 0) is 72.8 Å². The molecule has 6 nitrogen and oxygen atoms in total. The third-order valence-electron chi connectivity index (χ3n) is 5.47. The normalized spacial score (nSPS) is 12.4. The van der Waals surface area contributed by atoms with Crippen LogP contribution in [-0.2, 0) is 6.61 Å². The van der Waals surface area contributed by atoms with Crippen LogP contribution in [0.1, 0.15) is 28.5 Å². The second kappa shape index (κ2) is 7.44. The van der Waals surface area contributed by atoms with Crippen LogP contribution in [0.4, 0.5) is 0 Å². The number of aliphatic hydroxyl groups is 1. The first-order chi connectivity index (χ1) is 15.7. The average Bonchev–Trinajstić information content (AvgIpc) is 3.59. The van der Waals surface area contributed by atoms with Crippen molar-refractivity contribution in [3.05, 3.63) is 89.3 Å². The maximum absolute atomic E-state index is 9.32. The van der Waals surface area contributed by atoms with Gasteiger partial charge in [0.05, 0.1) is 35.1 Å². The van der Waals surface area contributed by atoms with Gasteiger partial charge in [0.2, 0.25) is 0 Å². The van der Waals surface area contributed by atoms with Crippen molar-refractivity contribution in [3.8, 4) is 11.1 Å². The molecular formula is C26H19N5O. The van der Waals surface area contributed by atoms with Crippen molar-refractivity contribution >= 4 is 46.4 Å². The summed E-state index contributed by atoms with van der Waals surface area (Å²) in [5, 5.41) is 9.32. The van der Waals surface area contributed by atoms with E-state index in [4.69, 9.17) is 4.98 Å². The van der Waals surface area contributed by atoms with Crippen LogP contribution in [0.2, 0.25) is 0 Å². The number of nitrogens with zero attached hydrogens (tertiary/aromatic N) is 3. The molecule has 0 fully saturated rings. The summed E-state index contributed by atoms with van der Waals surface area (Å²) in [4.78, 5) is 20.7. The third-order valence-corrected chi connectivity index (χ3v) is 5.47. The van der Waals surface area contributed by atoms with Crippen LogP contribution < -0.4 is 0 Å². The molecule has 6 heterocycles. The molecule has 0 amide bonds. The van der Waals surface area contributed by atoms with Crippen molar-refractivity contribution in [2.75, 3.05) is 0 Å². The number of aliphatic hydroxyl groups excluding tert-OH is 1. The zero-order valence-electron chi connectivity index (χ0n) is 17.1. The molecule has 0 saturated heterocycles. The number of hydrogen-bond acceptors (Lipinski definition) is 4. The largest absolute Gasteiger partial charge is 0.390 e. The Morgan fingerprint density at radius 2 is 1.34 bits per heavy atom. The Morgan fingerprint density at radius 1 is 0.656 bits per heavy atom. The maximum Gasteiger partial charge on any atom is 0.0852 e. The maximum atomic E-state index is 9.32. The molecule has 32 heavy (non-hydrogen) atoms. The molecule has 0 aromatic carbocycles. The van der Waals surface area contributed by atoms with Crippen LogP contribution in [0, 0.1) is 0 Å². The van der Waals surface area contributed by atoms with Crippen LogP contribution in [0.25, 0.3) is 57.5 Å². The minimum absolute atomic E-state index is 0.0755. The number of fused-ring (bicyclic) bond motifs is 8. The Balaban J connectivity index is 1.64. The van der Waals surface area contributed by atoms with Gasteiger partial charge in [-0.1, -0.05) is 6.07 Å². The van der Waals surface area contributed by atoms with Crippen molar-refractivity contribution < 1.29 is 5.11 Å². The van der Waals surface area contributed by atoms with Crippen molar-refractivity contribution in [2.24, 2.45) is 0 Å². The summed E-state index contributed by atoms with van der Waals surface area (Å²) < 4.78 is 0. The van der Waals surface area contributed by atoms with Gasteiger partial charge in [0, 0.05) is 39.4 Å². The Kier molecular flexibility index (Phi) is 4.30. The summed E-state index contributed by atoms with van der Waals surface area (Å²) in [5.41, 5.74) is 10.0. The molecule has 2 aliphatic heterocycles. The lowest BCUT2D eigenvalue weighted by atomic mass is 10.1. The summed E-state index contributed by atoms with van der Waals surface area (Å²) in [6, 6.07) is 18.1. The van der Waals surface area contributed by atoms with E-state index in [1.54, 1.807) is 6.20 Å². The SMILES string of the molecule is OCc1ccc(-c2cc3cc4ccc(cc5nc(cc6nc(cc2[nH]3)C=C6)C=C5)[nH]4)cn1. The lowest BCUT2D eigenvalue weighted by molar-refractivity contribution is 0.277. The number of aromatic nitrogens is 5. The molecule has 6 rings (SSSR count). The van der Waals surface area contributed by atoms with Crippen molar-refractivity contribution in [2.45, 2.75) is 6.61 Å². The third kappa shape index (κ3) is 3.53. The molecule has 4 aromatic heterocycles. The number of H-pyrrole nitrogens is 2. The zero-order chi connectivity index (χ0) is 21.5. The Morgan fingerprint density at radius 3 is 2.03 bits per heavy atom. The number of rotatable bonds is 2. The minimum atomic E-state index is -0.0755. The van der Waals surface area contributed by atoms with Crippen LogP contribution in [0.15, 0.2) is 60.8 Å². The highest BCUT2D eigenvalue weighted by molar-refractivity contribution is 5.87. The van der Waals surface area contributed by atoms with Gasteiger partial charge in [-0.15, -0.1) is 0 Å². The van der Waals surface area contributed by atoms with E-state index in [2.05, 4.69) is 32.1 Å². The van der Waals surface area contributed by atoms with Gasteiger partial charge in [0.15, 0.2) is 0 Å². The average molecular weight is 417 g/mol. The molecule has 0 saturated carbocycles. The fourth-order valence-electron chi connectivity index (χ4n) is 3.93. The highest BCUT2D eigenvalue weighted by atomic mass is 16.3. The molecular weight excluding hydrogens is 398 g/mol. The summed E-state index contributed by atoms with van der Waals surface area (Å²) in [7, 11) is 0. The van der Waals surface area contributed by atoms with E-state index in [1.807, 2.05) is 66.8 Å². The molecule has 4 aromatic rings. The first-order valence-corrected chi connectivity index (χ1v) is 10.4. The summed E-state index contributed by atoms with van der Waals surface area (Å²) >= 11 is 0. The van der Waals surface area contributed by atoms with Gasteiger partial charge >= 0.3 is 0 Å². The van der Waals surface area contributed by atoms with Crippen molar-refractivity contribution in [1.29, 1.82) is 0 Å². The van der Waals surface area contributed by atoms with Gasteiger partial charge in [-0.3, -0.25) is 4.98 Å². The second-order valence-corrected chi connectivity index (χ2v) is 7.78. The molecule has 0 unspecified atom stereocenters. The standard InChI is InChI=1S/C26H19N5O/c32-15-23-2-1-16(14-27-23)25-12-24-11-21-6-5-19(29-21)9-17-3-4-18(28-17)10-20-7-8-22(30-20)13-26(25)31-24/h1-14,29,31-32H,15H2. The molecule has 6 heteroatoms. The molecule has 154 valence electrons. The van der Waals surface area contributed by atoms with E-state index in [-0.39, 0.29) is 6.61 Å². The van der Waals surface area contributed by atoms with E-state index in [0.29, 0.717) is 5.69 Å². The summed E-state index contributed by atoms with van der Waals surface area (Å²) in [6.45, 7) is -0.0755. The van der Waals surface area contributed by atoms with Crippen LogP contribution in [0.5, 0.6) is 0 Å². The Labute approximate surface area is 183 Å². The number of hydrogen-bond donors (Lipinski definition) is 3. The predicted octanol–water partition coefficient (Wildman–Crippen LogP) is 5.21. The quantitative estimate of drug-likeness (QED) is 0.361. The number of nitrogens with one attached hydrogen (secondary N) is 2. The Bertz CT molecular complexity index is 1550. The highest BCUT2D eigenvalue weighted by Gasteiger charge is 2.07. The van der Waals surface area contributed by atoms with E-state index in [1.165, 1.54) is 0 Å². The molecule has 8 bridgehead atoms. The van der Waals surface area contributed by atoms with Gasteiger partial charge in [-0.25, -0.2) is 9.97 Å². The number of pyridine rings is 1. The monoisotopic (exact) mass is 417 g/mol. The first-order valence-electron chi connectivity index (χ1n) is 10.4. The molecule has 3 N–H and O–H groups in total. The fourth-order valence-corrected chi connectivity index (χ4v) is 3.93. The summed E-state index contributed by atoms with van der Waals surface area (Å²) in [6.07, 6.45) is 9.78. The molecule has 0 atom stereocenters. The minimum Gasteiger partial charge on any atom is -0.390 e. The van der Waals surface area contributed by atoms with Crippen LogP contribution in [-0.4, -0.2) is 30.0 Å². The molecule has 0 spiro atoms. The van der Waals surface area contributed by atoms with Gasteiger partial charge in [-0.2, -0.15) is 0 Å². The van der Waals surface area contributed by atoms with Crippen molar-refractivity contribution in [1.82, 2.24) is 24.9 Å². The predicted molar refractivity (Wildman–Crippen MR) is 128 cm³/mol. The van der Waals surface area contributed by atoms with E-state index in [9.17, 15) is 5.11 Å². The van der Waals surface area contributed by atoms with E-state index >= 15 is 0 Å². The lowest BCUT2D eigenvalue weighted by Crippen LogP contribution is -1.88. The topological polar surface area (TPSA) is 90.5 Å². The number of aromatic amines is 2. The molecule has 0 radical (unpaired) electrons. The van der Waals surface area contributed by atoms with Crippen LogP contribution in [0.3, 0.4) is 0 Å². The first kappa shape index (κ1) is 18.5. The van der Waals surface area contributed by atoms with E-state index < -0.39 is 0 Å². The second-order valence-electron chi connectivity index (χ2n) is 7.78. The van der Waals surface area contributed by atoms with Crippen molar-refractivity contribution in [3.63, 3.8) is 0 Å². The van der Waals surface area contributed by atoms with Gasteiger partial charge in [0.25, 0.3) is 0 Å². The van der Waals surface area contributed by atoms with E-state index in [0.717, 1.165) is 56.0 Å². The van der Waals surface area contributed by atoms with Crippen LogP contribution >= 0.6 is 0 Å². The highest BCUT2D eigenvalue weighted by Crippen LogP contribution is 2.27. The smallest absolute Gasteiger partial charge is 0.0852 e. The fraction of sp³-hybridized carbons (Fsp3) is 0.0385. The molecule has 0 aliphatic carbocycles. The summed E-state index contributed by atoms with van der Waals surface area (Å²) in [5.74, 6) is 0. The van der Waals surface area contributed by atoms with Gasteiger partial charge < -0.3 is 15.1 Å². The lowest BCUT2D eigenvalue weighted by Gasteiger charge is -2.00. The van der Waals surface area contributed by atoms with Gasteiger partial charge in [0.1, 0.15) is 0 Å². The molecule has 2 aliphatic rings.